The van der Waals surface area contributed by atoms with Crippen LogP contribution in [0.4, 0.5) is 5.69 Å². The largest absolute Gasteiger partial charge is 0.368 e. The summed E-state index contributed by atoms with van der Waals surface area (Å²) in [5.74, 6) is -0.338. The van der Waals surface area contributed by atoms with Gasteiger partial charge in [-0.2, -0.15) is 5.10 Å². The van der Waals surface area contributed by atoms with E-state index in [0.29, 0.717) is 0 Å². The fraction of sp³-hybridized carbons (Fsp3) is 0.412. The molecule has 1 saturated heterocycles. The van der Waals surface area contributed by atoms with Crippen LogP contribution in [0, 0.1) is 0 Å². The number of hydrogen-bond donors (Lipinski definition) is 2. The fourth-order valence-electron chi connectivity index (χ4n) is 3.14. The maximum absolute atomic E-state index is 11.9. The Hall–Kier alpha value is -2.34. The summed E-state index contributed by atoms with van der Waals surface area (Å²) in [6.07, 6.45) is 6.01. The molecule has 2 aromatic rings. The Morgan fingerprint density at radius 1 is 1.39 bits per heavy atom. The molecule has 2 atom stereocenters. The Balaban J connectivity index is 1.69. The van der Waals surface area contributed by atoms with Crippen molar-refractivity contribution in [1.29, 1.82) is 0 Å². The van der Waals surface area contributed by atoms with E-state index in [1.54, 1.807) is 0 Å². The van der Waals surface area contributed by atoms with E-state index in [1.165, 1.54) is 0 Å². The molecule has 1 aromatic carbocycles. The van der Waals surface area contributed by atoms with Gasteiger partial charge in [-0.25, -0.2) is 0 Å². The number of piperidine rings is 1. The van der Waals surface area contributed by atoms with Gasteiger partial charge in [0.15, 0.2) is 0 Å². The van der Waals surface area contributed by atoms with Crippen LogP contribution in [-0.4, -0.2) is 34.8 Å². The van der Waals surface area contributed by atoms with E-state index in [4.69, 9.17) is 5.73 Å². The third kappa shape index (κ3) is 3.71. The van der Waals surface area contributed by atoms with Gasteiger partial charge in [0.25, 0.3) is 0 Å². The highest BCUT2D eigenvalue weighted by Crippen LogP contribution is 2.21. The minimum Gasteiger partial charge on any atom is -0.368 e. The number of rotatable bonds is 5. The minimum absolute atomic E-state index is 0.224. The molecule has 0 spiro atoms. The van der Waals surface area contributed by atoms with Crippen molar-refractivity contribution in [1.82, 2.24) is 15.1 Å². The number of amides is 1. The molecule has 1 amide bonds. The van der Waals surface area contributed by atoms with Crippen molar-refractivity contribution in [3.05, 3.63) is 48.3 Å². The summed E-state index contributed by atoms with van der Waals surface area (Å²) in [6.45, 7) is 1.86. The van der Waals surface area contributed by atoms with Crippen LogP contribution in [0.5, 0.6) is 0 Å². The number of carbonyl (C=O) groups is 1. The first-order valence-electron chi connectivity index (χ1n) is 7.97. The standard InChI is InChI=1S/C17H23N5O/c1-21-12-15(10-19-21)22-9-5-8-14(11-22)20-16(17(18)23)13-6-3-2-4-7-13/h2-4,6-7,10,12,14,16,20H,5,8-9,11H2,1H3,(H2,18,23)/t14-,16-/m0/s1. The Morgan fingerprint density at radius 2 is 2.17 bits per heavy atom. The van der Waals surface area contributed by atoms with E-state index in [0.717, 1.165) is 37.2 Å². The van der Waals surface area contributed by atoms with Crippen molar-refractivity contribution in [3.63, 3.8) is 0 Å². The van der Waals surface area contributed by atoms with Gasteiger partial charge in [-0.05, 0) is 18.4 Å². The van der Waals surface area contributed by atoms with Gasteiger partial charge in [0.1, 0.15) is 6.04 Å². The van der Waals surface area contributed by atoms with Crippen LogP contribution in [0.15, 0.2) is 42.7 Å². The maximum Gasteiger partial charge on any atom is 0.239 e. The van der Waals surface area contributed by atoms with Crippen molar-refractivity contribution >= 4 is 11.6 Å². The summed E-state index contributed by atoms with van der Waals surface area (Å²) in [4.78, 5) is 14.2. The molecule has 0 saturated carbocycles. The predicted molar refractivity (Wildman–Crippen MR) is 90.0 cm³/mol. The molecule has 1 fully saturated rings. The second-order valence-electron chi connectivity index (χ2n) is 6.07. The van der Waals surface area contributed by atoms with Crippen molar-refractivity contribution in [2.45, 2.75) is 24.9 Å². The predicted octanol–water partition coefficient (Wildman–Crippen LogP) is 1.21. The first-order valence-corrected chi connectivity index (χ1v) is 7.97. The van der Waals surface area contributed by atoms with Gasteiger partial charge >= 0.3 is 0 Å². The second kappa shape index (κ2) is 6.83. The van der Waals surface area contributed by atoms with Gasteiger partial charge < -0.3 is 10.6 Å². The molecule has 1 aromatic heterocycles. The number of anilines is 1. The lowest BCUT2D eigenvalue weighted by atomic mass is 10.0. The normalized spacial score (nSPS) is 19.5. The Bertz CT molecular complexity index is 654. The third-order valence-corrected chi connectivity index (χ3v) is 4.30. The summed E-state index contributed by atoms with van der Waals surface area (Å²) >= 11 is 0. The zero-order valence-corrected chi connectivity index (χ0v) is 13.4. The van der Waals surface area contributed by atoms with Crippen molar-refractivity contribution in [3.8, 4) is 0 Å². The van der Waals surface area contributed by atoms with Gasteiger partial charge in [0.05, 0.1) is 11.9 Å². The van der Waals surface area contributed by atoms with E-state index >= 15 is 0 Å². The number of primary amides is 1. The molecule has 0 bridgehead atoms. The number of nitrogens with two attached hydrogens (primary N) is 1. The molecule has 0 radical (unpaired) electrons. The number of aryl methyl sites for hydroxylation is 1. The first-order chi connectivity index (χ1) is 11.1. The van der Waals surface area contributed by atoms with E-state index in [-0.39, 0.29) is 11.9 Å². The Labute approximate surface area is 136 Å². The van der Waals surface area contributed by atoms with E-state index in [9.17, 15) is 4.79 Å². The minimum atomic E-state index is -0.449. The molecule has 0 unspecified atom stereocenters. The molecule has 3 N–H and O–H groups in total. The van der Waals surface area contributed by atoms with E-state index in [2.05, 4.69) is 15.3 Å². The van der Waals surface area contributed by atoms with Gasteiger partial charge in [-0.15, -0.1) is 0 Å². The van der Waals surface area contributed by atoms with Crippen LogP contribution in [-0.2, 0) is 11.8 Å². The molecule has 3 rings (SSSR count). The second-order valence-corrected chi connectivity index (χ2v) is 6.07. The molecule has 1 aliphatic heterocycles. The average molecular weight is 313 g/mol. The van der Waals surface area contributed by atoms with Gasteiger partial charge in [-0.3, -0.25) is 14.8 Å². The lowest BCUT2D eigenvalue weighted by molar-refractivity contribution is -0.120. The summed E-state index contributed by atoms with van der Waals surface area (Å²) in [5, 5.41) is 7.67. The number of benzene rings is 1. The van der Waals surface area contributed by atoms with Gasteiger partial charge in [0, 0.05) is 32.4 Å². The first kappa shape index (κ1) is 15.6. The van der Waals surface area contributed by atoms with E-state index in [1.807, 2.05) is 54.5 Å². The number of nitrogens with zero attached hydrogens (tertiary/aromatic N) is 3. The Kier molecular flexibility index (Phi) is 4.62. The highest BCUT2D eigenvalue weighted by molar-refractivity contribution is 5.81. The van der Waals surface area contributed by atoms with E-state index < -0.39 is 6.04 Å². The summed E-state index contributed by atoms with van der Waals surface area (Å²) in [5.41, 5.74) is 7.64. The lowest BCUT2D eigenvalue weighted by Gasteiger charge is -2.35. The summed E-state index contributed by atoms with van der Waals surface area (Å²) in [7, 11) is 1.92. The molecule has 2 heterocycles. The SMILES string of the molecule is Cn1cc(N2CCC[C@H](N[C@H](C(N)=O)c3ccccc3)C2)cn1. The molecule has 6 nitrogen and oxygen atoms in total. The molecule has 0 aliphatic carbocycles. The van der Waals surface area contributed by atoms with Crippen LogP contribution in [0.1, 0.15) is 24.4 Å². The average Bonchev–Trinajstić information content (AvgIpc) is 3.00. The van der Waals surface area contributed by atoms with Crippen molar-refractivity contribution in [2.24, 2.45) is 12.8 Å². The highest BCUT2D eigenvalue weighted by atomic mass is 16.1. The van der Waals surface area contributed by atoms with Crippen molar-refractivity contribution < 1.29 is 4.79 Å². The van der Waals surface area contributed by atoms with Gasteiger partial charge in [0.2, 0.25) is 5.91 Å². The molecule has 1 aliphatic rings. The summed E-state index contributed by atoms with van der Waals surface area (Å²) < 4.78 is 1.81. The smallest absolute Gasteiger partial charge is 0.239 e. The zero-order chi connectivity index (χ0) is 16.2. The number of hydrogen-bond acceptors (Lipinski definition) is 4. The van der Waals surface area contributed by atoms with Crippen molar-refractivity contribution in [2.75, 3.05) is 18.0 Å². The Morgan fingerprint density at radius 3 is 2.83 bits per heavy atom. The van der Waals surface area contributed by atoms with Crippen LogP contribution in [0.2, 0.25) is 0 Å². The number of nitrogens with one attached hydrogen (secondary N) is 1. The third-order valence-electron chi connectivity index (χ3n) is 4.30. The number of aromatic nitrogens is 2. The molecular weight excluding hydrogens is 290 g/mol. The van der Waals surface area contributed by atoms with Crippen LogP contribution in [0.3, 0.4) is 0 Å². The zero-order valence-electron chi connectivity index (χ0n) is 13.4. The highest BCUT2D eigenvalue weighted by Gasteiger charge is 2.26. The molecular formula is C17H23N5O. The quantitative estimate of drug-likeness (QED) is 0.870. The fourth-order valence-corrected chi connectivity index (χ4v) is 3.14. The monoisotopic (exact) mass is 313 g/mol. The molecule has 23 heavy (non-hydrogen) atoms. The maximum atomic E-state index is 11.9. The number of carbonyl (C=O) groups excluding carboxylic acids is 1. The molecule has 6 heteroatoms. The van der Waals surface area contributed by atoms with Gasteiger partial charge in [-0.1, -0.05) is 30.3 Å². The van der Waals surface area contributed by atoms with Crippen LogP contribution >= 0.6 is 0 Å². The van der Waals surface area contributed by atoms with Crippen LogP contribution in [0.25, 0.3) is 0 Å². The summed E-state index contributed by atoms with van der Waals surface area (Å²) in [6, 6.07) is 9.43. The topological polar surface area (TPSA) is 76.2 Å². The lowest BCUT2D eigenvalue weighted by Crippen LogP contribution is -2.49. The molecule has 122 valence electrons. The van der Waals surface area contributed by atoms with Crippen LogP contribution < -0.4 is 16.0 Å².